The molecular weight excluding hydrogens is 314 g/mol. The van der Waals surface area contributed by atoms with Gasteiger partial charge in [0.25, 0.3) is 5.91 Å². The summed E-state index contributed by atoms with van der Waals surface area (Å²) >= 11 is 0. The fraction of sp³-hybridized carbons (Fsp3) is 0.529. The fourth-order valence-electron chi connectivity index (χ4n) is 2.92. The maximum Gasteiger partial charge on any atom is 0.254 e. The zero-order valence-corrected chi connectivity index (χ0v) is 14.6. The van der Waals surface area contributed by atoms with Crippen LogP contribution >= 0.6 is 12.4 Å². The highest BCUT2D eigenvalue weighted by molar-refractivity contribution is 5.99. The summed E-state index contributed by atoms with van der Waals surface area (Å²) in [6.07, 6.45) is 2.45. The monoisotopic (exact) mass is 339 g/mol. The van der Waals surface area contributed by atoms with Gasteiger partial charge in [-0.25, -0.2) is 0 Å². The Bertz CT molecular complexity index is 524. The topological polar surface area (TPSA) is 61.4 Å². The smallest absolute Gasteiger partial charge is 0.254 e. The lowest BCUT2D eigenvalue weighted by atomic mass is 9.96. The molecule has 1 heterocycles. The van der Waals surface area contributed by atoms with Crippen molar-refractivity contribution in [1.29, 1.82) is 0 Å². The summed E-state index contributed by atoms with van der Waals surface area (Å²) in [6, 6.07) is 9.17. The number of rotatable bonds is 6. The van der Waals surface area contributed by atoms with Crippen LogP contribution in [0.3, 0.4) is 0 Å². The average molecular weight is 340 g/mol. The minimum atomic E-state index is -0.743. The van der Waals surface area contributed by atoms with Gasteiger partial charge < -0.3 is 15.5 Å². The van der Waals surface area contributed by atoms with Crippen LogP contribution in [0.1, 0.15) is 36.5 Å². The highest BCUT2D eigenvalue weighted by Crippen LogP contribution is 2.30. The lowest BCUT2D eigenvalue weighted by Gasteiger charge is -2.34. The first kappa shape index (κ1) is 19.5. The standard InChI is InChI=1S/C17H25N3O2.ClH/c1-17(16(22)19-12-7-11-18-2)10-6-13-20(17)15(21)14-8-4-3-5-9-14;/h3-5,8-9,18H,6-7,10-13H2,1-2H3,(H,19,22);1H. The van der Waals surface area contributed by atoms with Crippen LogP contribution < -0.4 is 10.6 Å². The van der Waals surface area contributed by atoms with Crippen molar-refractivity contribution in [3.05, 3.63) is 35.9 Å². The maximum atomic E-state index is 12.7. The molecule has 2 amide bonds. The van der Waals surface area contributed by atoms with E-state index >= 15 is 0 Å². The minimum absolute atomic E-state index is 0. The van der Waals surface area contributed by atoms with Crippen molar-refractivity contribution in [1.82, 2.24) is 15.5 Å². The molecule has 1 fully saturated rings. The number of nitrogens with zero attached hydrogens (tertiary/aromatic N) is 1. The van der Waals surface area contributed by atoms with E-state index in [0.717, 1.165) is 19.4 Å². The van der Waals surface area contributed by atoms with E-state index in [1.54, 1.807) is 17.0 Å². The van der Waals surface area contributed by atoms with Crippen LogP contribution in [0.4, 0.5) is 0 Å². The Morgan fingerprint density at radius 3 is 2.57 bits per heavy atom. The molecule has 128 valence electrons. The van der Waals surface area contributed by atoms with Crippen molar-refractivity contribution in [3.8, 4) is 0 Å². The van der Waals surface area contributed by atoms with Gasteiger partial charge in [0.05, 0.1) is 0 Å². The van der Waals surface area contributed by atoms with E-state index in [1.807, 2.05) is 32.2 Å². The first-order valence-electron chi connectivity index (χ1n) is 7.89. The maximum absolute atomic E-state index is 12.7. The van der Waals surface area contributed by atoms with Gasteiger partial charge in [0.1, 0.15) is 5.54 Å². The van der Waals surface area contributed by atoms with Crippen molar-refractivity contribution in [2.24, 2.45) is 0 Å². The third-order valence-corrected chi connectivity index (χ3v) is 4.29. The van der Waals surface area contributed by atoms with Crippen LogP contribution in [0.2, 0.25) is 0 Å². The lowest BCUT2D eigenvalue weighted by Crippen LogP contribution is -2.55. The normalized spacial score (nSPS) is 20.0. The van der Waals surface area contributed by atoms with Crippen molar-refractivity contribution in [2.75, 3.05) is 26.7 Å². The molecule has 2 N–H and O–H groups in total. The molecule has 1 aliphatic heterocycles. The summed E-state index contributed by atoms with van der Waals surface area (Å²) in [6.45, 7) is 3.99. The predicted octanol–water partition coefficient (Wildman–Crippen LogP) is 1.83. The number of nitrogens with one attached hydrogen (secondary N) is 2. The molecule has 0 aromatic heterocycles. The summed E-state index contributed by atoms with van der Waals surface area (Å²) in [5.41, 5.74) is -0.106. The molecule has 0 bridgehead atoms. The number of amides is 2. The van der Waals surface area contributed by atoms with Gasteiger partial charge >= 0.3 is 0 Å². The Morgan fingerprint density at radius 2 is 1.91 bits per heavy atom. The summed E-state index contributed by atoms with van der Waals surface area (Å²) in [4.78, 5) is 26.9. The molecule has 5 nitrogen and oxygen atoms in total. The number of carbonyl (C=O) groups excluding carboxylic acids is 2. The van der Waals surface area contributed by atoms with Crippen molar-refractivity contribution in [2.45, 2.75) is 31.7 Å². The third-order valence-electron chi connectivity index (χ3n) is 4.29. The van der Waals surface area contributed by atoms with E-state index in [0.29, 0.717) is 25.1 Å². The van der Waals surface area contributed by atoms with Gasteiger partial charge in [-0.15, -0.1) is 12.4 Å². The van der Waals surface area contributed by atoms with Gasteiger partial charge in [0.15, 0.2) is 0 Å². The number of hydrogen-bond donors (Lipinski definition) is 2. The number of likely N-dealkylation sites (tertiary alicyclic amines) is 1. The Hall–Kier alpha value is -1.59. The molecule has 6 heteroatoms. The molecule has 1 aromatic rings. The van der Waals surface area contributed by atoms with Crippen LogP contribution in [0.25, 0.3) is 0 Å². The summed E-state index contributed by atoms with van der Waals surface area (Å²) < 4.78 is 0. The molecule has 0 spiro atoms. The first-order valence-corrected chi connectivity index (χ1v) is 7.89. The largest absolute Gasteiger partial charge is 0.354 e. The van der Waals surface area contributed by atoms with E-state index in [2.05, 4.69) is 10.6 Å². The molecule has 23 heavy (non-hydrogen) atoms. The van der Waals surface area contributed by atoms with Gasteiger partial charge in [-0.2, -0.15) is 0 Å². The molecule has 1 unspecified atom stereocenters. The predicted molar refractivity (Wildman–Crippen MR) is 93.9 cm³/mol. The summed E-state index contributed by atoms with van der Waals surface area (Å²) in [5, 5.41) is 6.02. The van der Waals surface area contributed by atoms with Crippen molar-refractivity contribution < 1.29 is 9.59 Å². The molecule has 1 saturated heterocycles. The Labute approximate surface area is 144 Å². The van der Waals surface area contributed by atoms with Crippen LogP contribution in [-0.2, 0) is 4.79 Å². The number of benzene rings is 1. The van der Waals surface area contributed by atoms with Crippen molar-refractivity contribution >= 4 is 24.2 Å². The Kier molecular flexibility index (Phi) is 7.52. The molecule has 2 rings (SSSR count). The van der Waals surface area contributed by atoms with Crippen LogP contribution in [-0.4, -0.2) is 48.9 Å². The Morgan fingerprint density at radius 1 is 1.22 bits per heavy atom. The SMILES string of the molecule is CNCCCNC(=O)C1(C)CCCN1C(=O)c1ccccc1.Cl. The van der Waals surface area contributed by atoms with Gasteiger partial charge in [-0.05, 0) is 51.9 Å². The van der Waals surface area contributed by atoms with E-state index in [-0.39, 0.29) is 24.2 Å². The second kappa shape index (κ2) is 8.89. The van der Waals surface area contributed by atoms with Gasteiger partial charge in [0, 0.05) is 18.7 Å². The zero-order chi connectivity index (χ0) is 16.0. The van der Waals surface area contributed by atoms with Crippen molar-refractivity contribution in [3.63, 3.8) is 0 Å². The number of halogens is 1. The number of carbonyl (C=O) groups is 2. The molecule has 0 saturated carbocycles. The van der Waals surface area contributed by atoms with E-state index in [1.165, 1.54) is 0 Å². The van der Waals surface area contributed by atoms with Crippen LogP contribution in [0.5, 0.6) is 0 Å². The van der Waals surface area contributed by atoms with Gasteiger partial charge in [-0.3, -0.25) is 9.59 Å². The van der Waals surface area contributed by atoms with E-state index < -0.39 is 5.54 Å². The highest BCUT2D eigenvalue weighted by Gasteiger charge is 2.45. The van der Waals surface area contributed by atoms with Crippen LogP contribution in [0.15, 0.2) is 30.3 Å². The van der Waals surface area contributed by atoms with E-state index in [4.69, 9.17) is 0 Å². The Balaban J connectivity index is 0.00000264. The van der Waals surface area contributed by atoms with Crippen LogP contribution in [0, 0.1) is 0 Å². The molecule has 1 atom stereocenters. The second-order valence-electron chi connectivity index (χ2n) is 5.91. The molecular formula is C17H26ClN3O2. The van der Waals surface area contributed by atoms with E-state index in [9.17, 15) is 9.59 Å². The molecule has 1 aromatic carbocycles. The third kappa shape index (κ3) is 4.45. The zero-order valence-electron chi connectivity index (χ0n) is 13.8. The summed E-state index contributed by atoms with van der Waals surface area (Å²) in [5.74, 6) is -0.114. The minimum Gasteiger partial charge on any atom is -0.354 e. The van der Waals surface area contributed by atoms with Gasteiger partial charge in [0.2, 0.25) is 5.91 Å². The molecule has 0 radical (unpaired) electrons. The number of hydrogen-bond acceptors (Lipinski definition) is 3. The molecule has 1 aliphatic rings. The lowest BCUT2D eigenvalue weighted by molar-refractivity contribution is -0.129. The molecule has 0 aliphatic carbocycles. The average Bonchev–Trinajstić information content (AvgIpc) is 2.94. The highest BCUT2D eigenvalue weighted by atomic mass is 35.5. The summed E-state index contributed by atoms with van der Waals surface area (Å²) in [7, 11) is 1.89. The quantitative estimate of drug-likeness (QED) is 0.777. The van der Waals surface area contributed by atoms with Gasteiger partial charge in [-0.1, -0.05) is 18.2 Å². The second-order valence-corrected chi connectivity index (χ2v) is 5.91. The first-order chi connectivity index (χ1) is 10.6. The fourth-order valence-corrected chi connectivity index (χ4v) is 2.92.